The maximum Gasteiger partial charge on any atom is 0.501 e. The first-order valence-corrected chi connectivity index (χ1v) is 37.0. The van der Waals surface area contributed by atoms with Crippen LogP contribution in [0.2, 0.25) is 24.2 Å². The van der Waals surface area contributed by atoms with Crippen LogP contribution in [-0.4, -0.2) is 138 Å². The molecular weight excluding hydrogens is 929 g/mol. The average Bonchev–Trinajstić information content (AvgIpc) is 3.18. The molecule has 0 aromatic carbocycles. The molecule has 0 spiro atoms. The number of rotatable bonds is 44. The van der Waals surface area contributed by atoms with Crippen molar-refractivity contribution in [2.75, 3.05) is 102 Å². The van der Waals surface area contributed by atoms with Gasteiger partial charge in [0.2, 0.25) is 0 Å². The van der Waals surface area contributed by atoms with Crippen LogP contribution < -0.4 is 0 Å². The van der Waals surface area contributed by atoms with Gasteiger partial charge in [0.15, 0.2) is 0 Å². The standard InChI is InChI=1S/C20H46O6S3Si2.C16H38O6S3Si2/c1-7-21-30(22-8-2,23-9-3)19-15-13-17-27-29-28-18-14-16-20-31(24-10-4,25-11-5)26-12-6;1-7-17-26(18-8-2,19-9-3)15-13-23-25-24-14-16-27(20-10-4,21-11-5)22-12-6/h7-20H2,1-6H3;7-16H2,1-6H3. The van der Waals surface area contributed by atoms with Crippen LogP contribution in [-0.2, 0) is 53.1 Å². The van der Waals surface area contributed by atoms with E-state index in [1.807, 2.05) is 136 Å². The summed E-state index contributed by atoms with van der Waals surface area (Å²) in [4.78, 5) is 0. The summed E-state index contributed by atoms with van der Waals surface area (Å²) in [5, 5.41) is 0. The lowest BCUT2D eigenvalue weighted by molar-refractivity contribution is 0.0700. The highest BCUT2D eigenvalue weighted by molar-refractivity contribution is 9.09. The molecule has 0 saturated carbocycles. The van der Waals surface area contributed by atoms with E-state index in [0.29, 0.717) is 79.3 Å². The second kappa shape index (κ2) is 43.4. The maximum atomic E-state index is 5.92. The number of unbranched alkanes of at least 4 members (excludes halogenated alkanes) is 2. The SMILES string of the molecule is CCO[Si](CCCCSSSCCCC[Si](OCC)(OCC)OCC)(OCC)OCC.CCO[Si](CCSSSCC[Si](OCC)(OCC)OCC)(OCC)OCC. The van der Waals surface area contributed by atoms with E-state index < -0.39 is 35.2 Å². The number of hydrogen-bond acceptors (Lipinski definition) is 18. The van der Waals surface area contributed by atoms with Crippen molar-refractivity contribution in [3.63, 3.8) is 0 Å². The van der Waals surface area contributed by atoms with E-state index in [1.165, 1.54) is 0 Å². The Kier molecular flexibility index (Phi) is 46.8. The van der Waals surface area contributed by atoms with E-state index in [0.717, 1.165) is 72.9 Å². The van der Waals surface area contributed by atoms with Gasteiger partial charge in [-0.25, -0.2) is 0 Å². The fraction of sp³-hybridized carbons (Fsp3) is 1.00. The van der Waals surface area contributed by atoms with Gasteiger partial charge in [-0.3, -0.25) is 0 Å². The van der Waals surface area contributed by atoms with Crippen molar-refractivity contribution >= 4 is 98.0 Å². The van der Waals surface area contributed by atoms with Gasteiger partial charge in [0, 0.05) is 126 Å². The van der Waals surface area contributed by atoms with Crippen LogP contribution in [0.4, 0.5) is 0 Å². The van der Waals surface area contributed by atoms with Gasteiger partial charge in [-0.05, 0) is 128 Å². The minimum absolute atomic E-state index is 0.623. The summed E-state index contributed by atoms with van der Waals surface area (Å²) in [6, 6.07) is 3.48. The molecule has 0 aromatic rings. The molecule has 12 nitrogen and oxygen atoms in total. The highest BCUT2D eigenvalue weighted by Gasteiger charge is 2.42. The average molecular weight is 1010 g/mol. The Morgan fingerprint density at radius 3 is 0.638 bits per heavy atom. The Labute approximate surface area is 383 Å². The molecule has 0 aromatic heterocycles. The summed E-state index contributed by atoms with van der Waals surface area (Å²) in [6.45, 7) is 31.6. The normalized spacial score (nSPS) is 12.6. The lowest BCUT2D eigenvalue weighted by atomic mass is 10.4. The minimum Gasteiger partial charge on any atom is -0.374 e. The predicted octanol–water partition coefficient (Wildman–Crippen LogP) is 11.8. The van der Waals surface area contributed by atoms with Crippen LogP contribution in [0, 0.1) is 0 Å². The van der Waals surface area contributed by atoms with Crippen LogP contribution in [0.1, 0.15) is 109 Å². The molecule has 0 aliphatic carbocycles. The van der Waals surface area contributed by atoms with Crippen LogP contribution in [0.25, 0.3) is 0 Å². The predicted molar refractivity (Wildman–Crippen MR) is 265 cm³/mol. The van der Waals surface area contributed by atoms with Gasteiger partial charge in [0.1, 0.15) is 0 Å². The lowest BCUT2D eigenvalue weighted by Crippen LogP contribution is -2.46. The Balaban J connectivity index is 0. The Morgan fingerprint density at radius 2 is 0.431 bits per heavy atom. The Morgan fingerprint density at radius 1 is 0.241 bits per heavy atom. The molecule has 0 unspecified atom stereocenters. The molecule has 58 heavy (non-hydrogen) atoms. The van der Waals surface area contributed by atoms with E-state index in [4.69, 9.17) is 53.1 Å². The third-order valence-electron chi connectivity index (χ3n) is 7.47. The molecule has 0 N–H and O–H groups in total. The summed E-state index contributed by atoms with van der Waals surface area (Å²) in [5.41, 5.74) is 0. The third kappa shape index (κ3) is 31.4. The quantitative estimate of drug-likeness (QED) is 0.0328. The zero-order valence-electron chi connectivity index (χ0n) is 38.3. The van der Waals surface area contributed by atoms with Crippen LogP contribution in [0.5, 0.6) is 0 Å². The molecule has 0 aliphatic rings. The lowest BCUT2D eigenvalue weighted by Gasteiger charge is -2.28. The van der Waals surface area contributed by atoms with Crippen molar-refractivity contribution in [2.24, 2.45) is 0 Å². The molecule has 22 heteroatoms. The Bertz CT molecular complexity index is 745. The van der Waals surface area contributed by atoms with Gasteiger partial charge in [-0.2, -0.15) is 0 Å². The van der Waals surface area contributed by atoms with E-state index in [2.05, 4.69) is 0 Å². The first-order chi connectivity index (χ1) is 28.1. The summed E-state index contributed by atoms with van der Waals surface area (Å²) in [6.07, 6.45) is 4.49. The zero-order chi connectivity index (χ0) is 43.7. The van der Waals surface area contributed by atoms with Gasteiger partial charge < -0.3 is 53.1 Å². The largest absolute Gasteiger partial charge is 0.501 e. The Hall–Kier alpha value is 2.49. The molecule has 0 aliphatic heterocycles. The first-order valence-electron chi connectivity index (χ1n) is 21.6. The highest BCUT2D eigenvalue weighted by Crippen LogP contribution is 2.38. The molecule has 0 atom stereocenters. The van der Waals surface area contributed by atoms with Gasteiger partial charge in [-0.1, -0.05) is 43.2 Å². The molecule has 0 fully saturated rings. The van der Waals surface area contributed by atoms with E-state index in [-0.39, 0.29) is 0 Å². The molecule has 0 saturated heterocycles. The van der Waals surface area contributed by atoms with E-state index >= 15 is 0 Å². The van der Waals surface area contributed by atoms with Crippen molar-refractivity contribution in [3.05, 3.63) is 0 Å². The molecule has 0 radical (unpaired) electrons. The second-order valence-electron chi connectivity index (χ2n) is 11.8. The van der Waals surface area contributed by atoms with Crippen molar-refractivity contribution in [3.8, 4) is 0 Å². The van der Waals surface area contributed by atoms with E-state index in [1.54, 1.807) is 9.83 Å². The summed E-state index contributed by atoms with van der Waals surface area (Å²) >= 11 is 0. The van der Waals surface area contributed by atoms with E-state index in [9.17, 15) is 0 Å². The van der Waals surface area contributed by atoms with Crippen LogP contribution >= 0.6 is 62.8 Å². The molecule has 0 bridgehead atoms. The maximum absolute atomic E-state index is 5.92. The van der Waals surface area contributed by atoms with Gasteiger partial charge >= 0.3 is 35.2 Å². The number of hydrogen-bond donors (Lipinski definition) is 0. The second-order valence-corrected chi connectivity index (χ2v) is 31.6. The smallest absolute Gasteiger partial charge is 0.374 e. The summed E-state index contributed by atoms with van der Waals surface area (Å²) < 4.78 is 70.8. The van der Waals surface area contributed by atoms with Crippen molar-refractivity contribution < 1.29 is 53.1 Å². The molecule has 0 amide bonds. The van der Waals surface area contributed by atoms with Crippen molar-refractivity contribution in [1.29, 1.82) is 0 Å². The topological polar surface area (TPSA) is 111 Å². The fourth-order valence-electron chi connectivity index (χ4n) is 5.55. The fourth-order valence-corrected chi connectivity index (χ4v) is 25.7. The summed E-state index contributed by atoms with van der Waals surface area (Å²) in [5.74, 6) is 4.16. The van der Waals surface area contributed by atoms with Gasteiger partial charge in [0.25, 0.3) is 0 Å². The zero-order valence-corrected chi connectivity index (χ0v) is 47.2. The molecular formula is C36H84O12S6Si4. The van der Waals surface area contributed by atoms with Crippen LogP contribution in [0.3, 0.4) is 0 Å². The monoisotopic (exact) mass is 1010 g/mol. The van der Waals surface area contributed by atoms with Gasteiger partial charge in [0.05, 0.1) is 0 Å². The molecule has 0 rings (SSSR count). The van der Waals surface area contributed by atoms with Crippen LogP contribution in [0.15, 0.2) is 0 Å². The first kappa shape index (κ1) is 62.6. The highest BCUT2D eigenvalue weighted by atomic mass is 33.5. The molecule has 352 valence electrons. The molecule has 0 heterocycles. The minimum atomic E-state index is -2.52. The van der Waals surface area contributed by atoms with Crippen molar-refractivity contribution in [1.82, 2.24) is 0 Å². The summed E-state index contributed by atoms with van der Waals surface area (Å²) in [7, 11) is 1.21. The van der Waals surface area contributed by atoms with Crippen molar-refractivity contribution in [2.45, 2.75) is 133 Å². The van der Waals surface area contributed by atoms with Gasteiger partial charge in [-0.15, -0.1) is 0 Å². The third-order valence-corrected chi connectivity index (χ3v) is 29.2.